The molecule has 1 atom stereocenters. The summed E-state index contributed by atoms with van der Waals surface area (Å²) >= 11 is 7.02. The molecule has 6 nitrogen and oxygen atoms in total. The van der Waals surface area contributed by atoms with Crippen molar-refractivity contribution in [2.24, 2.45) is 0 Å². The lowest BCUT2D eigenvalue weighted by Crippen LogP contribution is -2.40. The molecular weight excluding hydrogens is 427 g/mol. The van der Waals surface area contributed by atoms with E-state index in [0.29, 0.717) is 9.21 Å². The Kier molecular flexibility index (Phi) is 5.99. The van der Waals surface area contributed by atoms with Gasteiger partial charge in [0.2, 0.25) is 15.9 Å². The molecule has 1 aromatic carbocycles. The van der Waals surface area contributed by atoms with Gasteiger partial charge in [-0.05, 0) is 49.8 Å². The number of thiophene rings is 1. The molecule has 10 heteroatoms. The van der Waals surface area contributed by atoms with Crippen LogP contribution in [0.5, 0.6) is 0 Å². The number of halogens is 2. The Bertz CT molecular complexity index is 1070. The fourth-order valence-electron chi connectivity index (χ4n) is 2.79. The van der Waals surface area contributed by atoms with Crippen molar-refractivity contribution in [3.8, 4) is 0 Å². The molecule has 28 heavy (non-hydrogen) atoms. The number of carbonyl (C=O) groups is 2. The van der Waals surface area contributed by atoms with Crippen LogP contribution >= 0.6 is 22.9 Å². The van der Waals surface area contributed by atoms with Crippen LogP contribution in [-0.2, 0) is 14.8 Å². The smallest absolute Gasteiger partial charge is 0.245 e. The van der Waals surface area contributed by atoms with E-state index in [-0.39, 0.29) is 30.0 Å². The van der Waals surface area contributed by atoms with E-state index in [4.69, 9.17) is 11.6 Å². The van der Waals surface area contributed by atoms with Crippen molar-refractivity contribution in [1.82, 2.24) is 4.72 Å². The first-order valence-electron chi connectivity index (χ1n) is 8.24. The average molecular weight is 443 g/mol. The van der Waals surface area contributed by atoms with Gasteiger partial charge in [-0.15, -0.1) is 11.3 Å². The van der Waals surface area contributed by atoms with Gasteiger partial charge in [0.25, 0.3) is 0 Å². The number of amides is 1. The molecule has 3 rings (SSSR count). The Morgan fingerprint density at radius 1 is 1.36 bits per heavy atom. The molecule has 0 bridgehead atoms. The largest absolute Gasteiger partial charge is 0.308 e. The quantitative estimate of drug-likeness (QED) is 0.694. The molecule has 0 aliphatic carbocycles. The van der Waals surface area contributed by atoms with Gasteiger partial charge < -0.3 is 4.90 Å². The van der Waals surface area contributed by atoms with Crippen LogP contribution in [-0.4, -0.2) is 32.7 Å². The van der Waals surface area contributed by atoms with Gasteiger partial charge in [-0.3, -0.25) is 9.59 Å². The fraction of sp³-hybridized carbons (Fsp3) is 0.222. The van der Waals surface area contributed by atoms with E-state index < -0.39 is 27.8 Å². The molecular formula is C18H16ClFN2O4S2. The van der Waals surface area contributed by atoms with E-state index in [1.165, 1.54) is 41.4 Å². The second kappa shape index (κ2) is 8.12. The van der Waals surface area contributed by atoms with Crippen molar-refractivity contribution in [1.29, 1.82) is 0 Å². The van der Waals surface area contributed by atoms with Gasteiger partial charge in [0.1, 0.15) is 11.9 Å². The topological polar surface area (TPSA) is 83.6 Å². The Morgan fingerprint density at radius 3 is 2.71 bits per heavy atom. The highest BCUT2D eigenvalue weighted by atomic mass is 35.5. The second-order valence-electron chi connectivity index (χ2n) is 6.16. The number of anilines is 1. The van der Waals surface area contributed by atoms with Gasteiger partial charge in [-0.1, -0.05) is 11.6 Å². The Labute approximate surface area is 170 Å². The maximum Gasteiger partial charge on any atom is 0.245 e. The third-order valence-electron chi connectivity index (χ3n) is 4.16. The minimum Gasteiger partial charge on any atom is -0.308 e. The fourth-order valence-corrected chi connectivity index (χ4v) is 4.85. The maximum atomic E-state index is 14.3. The number of ketones is 1. The van der Waals surface area contributed by atoms with Gasteiger partial charge in [-0.2, -0.15) is 4.72 Å². The summed E-state index contributed by atoms with van der Waals surface area (Å²) in [6, 6.07) is 6.18. The summed E-state index contributed by atoms with van der Waals surface area (Å²) in [6.45, 7) is 1.48. The SMILES string of the molecule is CC(=O)c1ccc(N2CC[C@H](NS(=O)(=O)/C=C/c3ccc(Cl)s3)C2=O)c(F)c1. The maximum absolute atomic E-state index is 14.3. The lowest BCUT2D eigenvalue weighted by molar-refractivity contribution is -0.118. The van der Waals surface area contributed by atoms with Crippen LogP contribution < -0.4 is 9.62 Å². The van der Waals surface area contributed by atoms with Crippen LogP contribution in [0.3, 0.4) is 0 Å². The molecule has 1 aromatic heterocycles. The first-order valence-corrected chi connectivity index (χ1v) is 11.0. The minimum atomic E-state index is -3.87. The Hall–Kier alpha value is -2.07. The molecule has 0 saturated carbocycles. The van der Waals surface area contributed by atoms with Crippen LogP contribution in [0.2, 0.25) is 4.34 Å². The normalized spacial score (nSPS) is 17.6. The molecule has 2 heterocycles. The average Bonchev–Trinajstić information content (AvgIpc) is 3.19. The summed E-state index contributed by atoms with van der Waals surface area (Å²) in [4.78, 5) is 25.7. The van der Waals surface area contributed by atoms with E-state index in [2.05, 4.69) is 4.72 Å². The number of hydrogen-bond acceptors (Lipinski definition) is 5. The summed E-state index contributed by atoms with van der Waals surface area (Å²) in [7, 11) is -3.87. The zero-order valence-corrected chi connectivity index (χ0v) is 17.1. The molecule has 1 fully saturated rings. The third-order valence-corrected chi connectivity index (χ3v) is 6.47. The lowest BCUT2D eigenvalue weighted by atomic mass is 10.1. The standard InChI is InChI=1S/C18H16ClFN2O4S2/c1-11(23)12-2-4-16(14(20)10-12)22-8-6-15(18(22)24)21-28(25,26)9-7-13-3-5-17(19)27-13/h2-5,7,9-10,15,21H,6,8H2,1H3/b9-7+/t15-/m0/s1. The Morgan fingerprint density at radius 2 is 2.11 bits per heavy atom. The Balaban J connectivity index is 1.71. The number of carbonyl (C=O) groups excluding carboxylic acids is 2. The zero-order valence-electron chi connectivity index (χ0n) is 14.7. The number of Topliss-reactive ketones (excluding diaryl/α,β-unsaturated/α-hetero) is 1. The molecule has 2 aromatic rings. The van der Waals surface area contributed by atoms with Crippen molar-refractivity contribution in [2.45, 2.75) is 19.4 Å². The monoisotopic (exact) mass is 442 g/mol. The van der Waals surface area contributed by atoms with Crippen molar-refractivity contribution in [2.75, 3.05) is 11.4 Å². The van der Waals surface area contributed by atoms with Gasteiger partial charge in [-0.25, -0.2) is 12.8 Å². The predicted octanol–water partition coefficient (Wildman–Crippen LogP) is 3.44. The van der Waals surface area contributed by atoms with Gasteiger partial charge >= 0.3 is 0 Å². The minimum absolute atomic E-state index is 0.0143. The van der Waals surface area contributed by atoms with Crippen LogP contribution in [0, 0.1) is 5.82 Å². The summed E-state index contributed by atoms with van der Waals surface area (Å²) in [6.07, 6.45) is 1.58. The van der Waals surface area contributed by atoms with Crippen molar-refractivity contribution in [3.05, 3.63) is 56.3 Å². The highest BCUT2D eigenvalue weighted by Gasteiger charge is 2.35. The van der Waals surface area contributed by atoms with E-state index in [1.54, 1.807) is 12.1 Å². The predicted molar refractivity (Wildman–Crippen MR) is 108 cm³/mol. The number of hydrogen-bond donors (Lipinski definition) is 1. The number of nitrogens with one attached hydrogen (secondary N) is 1. The van der Waals surface area contributed by atoms with Gasteiger partial charge in [0.15, 0.2) is 5.78 Å². The van der Waals surface area contributed by atoms with Crippen LogP contribution in [0.4, 0.5) is 10.1 Å². The molecule has 1 aliphatic rings. The number of sulfonamides is 1. The third kappa shape index (κ3) is 4.67. The van der Waals surface area contributed by atoms with E-state index >= 15 is 0 Å². The lowest BCUT2D eigenvalue weighted by Gasteiger charge is -2.18. The highest BCUT2D eigenvalue weighted by Crippen LogP contribution is 2.26. The van der Waals surface area contributed by atoms with Crippen LogP contribution in [0.15, 0.2) is 35.7 Å². The first-order chi connectivity index (χ1) is 13.2. The molecule has 1 saturated heterocycles. The highest BCUT2D eigenvalue weighted by molar-refractivity contribution is 7.92. The van der Waals surface area contributed by atoms with E-state index in [0.717, 1.165) is 11.5 Å². The van der Waals surface area contributed by atoms with Crippen LogP contribution in [0.1, 0.15) is 28.6 Å². The number of rotatable bonds is 6. The summed E-state index contributed by atoms with van der Waals surface area (Å²) in [5, 5.41) is 0.966. The molecule has 148 valence electrons. The summed E-state index contributed by atoms with van der Waals surface area (Å²) < 4.78 is 41.6. The second-order valence-corrected chi connectivity index (χ2v) is 9.51. The van der Waals surface area contributed by atoms with Crippen LogP contribution in [0.25, 0.3) is 6.08 Å². The molecule has 1 amide bonds. The molecule has 0 unspecified atom stereocenters. The van der Waals surface area contributed by atoms with Crippen molar-refractivity contribution >= 4 is 56.4 Å². The van der Waals surface area contributed by atoms with Gasteiger partial charge in [0.05, 0.1) is 10.0 Å². The molecule has 0 radical (unpaired) electrons. The molecule has 0 spiro atoms. The van der Waals surface area contributed by atoms with E-state index in [9.17, 15) is 22.4 Å². The van der Waals surface area contributed by atoms with Crippen molar-refractivity contribution < 1.29 is 22.4 Å². The van der Waals surface area contributed by atoms with Gasteiger partial charge in [0, 0.05) is 22.4 Å². The van der Waals surface area contributed by atoms with E-state index in [1.807, 2.05) is 0 Å². The van der Waals surface area contributed by atoms with Crippen molar-refractivity contribution in [3.63, 3.8) is 0 Å². The molecule has 1 aliphatic heterocycles. The first kappa shape index (κ1) is 20.7. The number of nitrogens with zero attached hydrogens (tertiary/aromatic N) is 1. The number of benzene rings is 1. The molecule has 1 N–H and O–H groups in total. The zero-order chi connectivity index (χ0) is 20.5. The summed E-state index contributed by atoms with van der Waals surface area (Å²) in [5.74, 6) is -1.55. The summed E-state index contributed by atoms with van der Waals surface area (Å²) in [5.41, 5.74) is 0.212.